The maximum Gasteiger partial charge on any atom is 0.137 e. The summed E-state index contributed by atoms with van der Waals surface area (Å²) in [6.07, 6.45) is 5.92. The van der Waals surface area contributed by atoms with Crippen LogP contribution in [-0.2, 0) is 0 Å². The average molecular weight is 177 g/mol. The van der Waals surface area contributed by atoms with Crippen LogP contribution in [0.5, 0.6) is 5.75 Å². The molecule has 1 aliphatic heterocycles. The summed E-state index contributed by atoms with van der Waals surface area (Å²) in [6.45, 7) is 1.87. The Labute approximate surface area is 78.1 Å². The second-order valence-electron chi connectivity index (χ2n) is 3.18. The lowest BCUT2D eigenvalue weighted by molar-refractivity contribution is 0.160. The van der Waals surface area contributed by atoms with E-state index in [1.807, 2.05) is 12.1 Å². The Kier molecular flexibility index (Phi) is 2.77. The molecule has 0 spiro atoms. The lowest BCUT2D eigenvalue weighted by Gasteiger charge is -2.22. The minimum Gasteiger partial charge on any atom is -0.489 e. The molecular weight excluding hydrogens is 164 g/mol. The number of ether oxygens (including phenoxy) is 1. The van der Waals surface area contributed by atoms with Crippen molar-refractivity contribution in [1.29, 1.82) is 0 Å². The van der Waals surface area contributed by atoms with Gasteiger partial charge >= 0.3 is 0 Å². The van der Waals surface area contributed by atoms with Gasteiger partial charge in [-0.3, -0.25) is 4.98 Å². The number of pyridine rings is 1. The van der Waals surface area contributed by atoms with E-state index < -0.39 is 0 Å². The highest BCUT2D eigenvalue weighted by atomic mass is 16.5. The summed E-state index contributed by atoms with van der Waals surface area (Å²) in [5.74, 6) is 0.870. The van der Waals surface area contributed by atoms with Crippen LogP contribution >= 0.6 is 0 Å². The Morgan fingerprint density at radius 1 is 1.31 bits per heavy atom. The molecule has 0 saturated carbocycles. The zero-order chi connectivity index (χ0) is 8.93. The molecule has 0 atom stereocenters. The van der Waals surface area contributed by atoms with Crippen molar-refractivity contribution in [3.63, 3.8) is 0 Å². The largest absolute Gasteiger partial charge is 0.489 e. The summed E-state index contributed by atoms with van der Waals surface area (Å²) in [5, 5.41) is 4.27. The van der Waals surface area contributed by atoms with E-state index in [1.165, 1.54) is 0 Å². The molecule has 0 unspecified atom stereocenters. The van der Waals surface area contributed by atoms with Gasteiger partial charge in [0, 0.05) is 19.3 Å². The number of hydrogen-bond acceptors (Lipinski definition) is 2. The first-order valence-electron chi connectivity index (χ1n) is 4.65. The lowest BCUT2D eigenvalue weighted by atomic mass is 10.1. The summed E-state index contributed by atoms with van der Waals surface area (Å²) in [5.41, 5.74) is 0. The van der Waals surface area contributed by atoms with E-state index in [9.17, 15) is 0 Å². The highest BCUT2D eigenvalue weighted by Crippen LogP contribution is 2.14. The third-order valence-electron chi connectivity index (χ3n) is 2.16. The summed E-state index contributed by atoms with van der Waals surface area (Å²) < 4.78 is 5.73. The molecule has 3 heteroatoms. The van der Waals surface area contributed by atoms with E-state index in [4.69, 9.17) is 4.74 Å². The molecule has 0 bridgehead atoms. The van der Waals surface area contributed by atoms with Gasteiger partial charge in [-0.2, -0.15) is 0 Å². The van der Waals surface area contributed by atoms with Crippen LogP contribution in [0, 0.1) is 0 Å². The SMILES string of the molecule is c1cncc(OC2CC[N]CC2)c1. The molecule has 1 saturated heterocycles. The van der Waals surface area contributed by atoms with Crippen molar-refractivity contribution in [1.82, 2.24) is 10.3 Å². The maximum absolute atomic E-state index is 5.73. The van der Waals surface area contributed by atoms with Crippen LogP contribution in [0.4, 0.5) is 0 Å². The van der Waals surface area contributed by atoms with Gasteiger partial charge in [-0.05, 0) is 25.0 Å². The number of rotatable bonds is 2. The molecule has 1 aromatic rings. The summed E-state index contributed by atoms with van der Waals surface area (Å²) >= 11 is 0. The predicted octanol–water partition coefficient (Wildman–Crippen LogP) is 1.23. The average Bonchev–Trinajstić information content (AvgIpc) is 2.21. The maximum atomic E-state index is 5.73. The molecule has 1 aromatic heterocycles. The number of aromatic nitrogens is 1. The Hall–Kier alpha value is -1.09. The molecule has 2 heterocycles. The Morgan fingerprint density at radius 2 is 2.15 bits per heavy atom. The minimum absolute atomic E-state index is 0.335. The zero-order valence-corrected chi connectivity index (χ0v) is 7.52. The molecule has 69 valence electrons. The first-order chi connectivity index (χ1) is 6.45. The van der Waals surface area contributed by atoms with Crippen LogP contribution in [0.3, 0.4) is 0 Å². The quantitative estimate of drug-likeness (QED) is 0.681. The fourth-order valence-electron chi connectivity index (χ4n) is 1.45. The fourth-order valence-corrected chi connectivity index (χ4v) is 1.45. The molecule has 13 heavy (non-hydrogen) atoms. The first-order valence-corrected chi connectivity index (χ1v) is 4.65. The van der Waals surface area contributed by atoms with Crippen molar-refractivity contribution in [3.8, 4) is 5.75 Å². The molecule has 1 radical (unpaired) electrons. The van der Waals surface area contributed by atoms with Gasteiger partial charge in [-0.1, -0.05) is 0 Å². The first kappa shape index (κ1) is 8.51. The van der Waals surface area contributed by atoms with Crippen molar-refractivity contribution < 1.29 is 4.74 Å². The van der Waals surface area contributed by atoms with Crippen LogP contribution in [0.25, 0.3) is 0 Å². The lowest BCUT2D eigenvalue weighted by Crippen LogP contribution is -2.30. The van der Waals surface area contributed by atoms with Gasteiger partial charge in [0.05, 0.1) is 6.20 Å². The predicted molar refractivity (Wildman–Crippen MR) is 49.8 cm³/mol. The smallest absolute Gasteiger partial charge is 0.137 e. The molecule has 0 N–H and O–H groups in total. The van der Waals surface area contributed by atoms with E-state index >= 15 is 0 Å². The number of hydrogen-bond donors (Lipinski definition) is 0. The van der Waals surface area contributed by atoms with Crippen molar-refractivity contribution in [2.45, 2.75) is 18.9 Å². The molecule has 0 aromatic carbocycles. The molecule has 2 rings (SSSR count). The standard InChI is InChI=1S/C10H13N2O/c1-2-10(8-12-5-1)13-9-3-6-11-7-4-9/h1-2,5,8-9H,3-4,6-7H2. The van der Waals surface area contributed by atoms with Gasteiger partial charge in [0.15, 0.2) is 0 Å². The van der Waals surface area contributed by atoms with E-state index in [0.29, 0.717) is 6.10 Å². The van der Waals surface area contributed by atoms with Gasteiger partial charge < -0.3 is 4.74 Å². The van der Waals surface area contributed by atoms with Crippen LogP contribution in [0.2, 0.25) is 0 Å². The summed E-state index contributed by atoms with van der Waals surface area (Å²) in [4.78, 5) is 4.00. The van der Waals surface area contributed by atoms with Gasteiger partial charge in [-0.15, -0.1) is 0 Å². The number of nitrogens with zero attached hydrogens (tertiary/aromatic N) is 2. The van der Waals surface area contributed by atoms with Gasteiger partial charge in [-0.25, -0.2) is 5.32 Å². The Bertz CT molecular complexity index is 244. The Morgan fingerprint density at radius 3 is 2.85 bits per heavy atom. The van der Waals surface area contributed by atoms with Gasteiger partial charge in [0.25, 0.3) is 0 Å². The van der Waals surface area contributed by atoms with Crippen molar-refractivity contribution in [3.05, 3.63) is 24.5 Å². The van der Waals surface area contributed by atoms with E-state index in [0.717, 1.165) is 31.7 Å². The van der Waals surface area contributed by atoms with Crippen LogP contribution < -0.4 is 10.1 Å². The van der Waals surface area contributed by atoms with Gasteiger partial charge in [0.2, 0.25) is 0 Å². The zero-order valence-electron chi connectivity index (χ0n) is 7.52. The monoisotopic (exact) mass is 177 g/mol. The number of piperidine rings is 1. The van der Waals surface area contributed by atoms with Crippen molar-refractivity contribution in [2.75, 3.05) is 13.1 Å². The second kappa shape index (κ2) is 4.23. The Balaban J connectivity index is 1.90. The van der Waals surface area contributed by atoms with E-state index in [2.05, 4.69) is 10.3 Å². The van der Waals surface area contributed by atoms with Gasteiger partial charge in [0.1, 0.15) is 11.9 Å². The van der Waals surface area contributed by atoms with E-state index in [-0.39, 0.29) is 0 Å². The second-order valence-corrected chi connectivity index (χ2v) is 3.18. The molecule has 0 amide bonds. The summed E-state index contributed by atoms with van der Waals surface area (Å²) in [6, 6.07) is 3.83. The topological polar surface area (TPSA) is 36.2 Å². The van der Waals surface area contributed by atoms with E-state index in [1.54, 1.807) is 12.4 Å². The fraction of sp³-hybridized carbons (Fsp3) is 0.500. The molecule has 1 aliphatic rings. The molecule has 0 aliphatic carbocycles. The van der Waals surface area contributed by atoms with Crippen LogP contribution in [0.1, 0.15) is 12.8 Å². The minimum atomic E-state index is 0.335. The highest BCUT2D eigenvalue weighted by Gasteiger charge is 2.14. The van der Waals surface area contributed by atoms with Crippen LogP contribution in [0.15, 0.2) is 24.5 Å². The molecule has 1 fully saturated rings. The van der Waals surface area contributed by atoms with Crippen molar-refractivity contribution >= 4 is 0 Å². The normalized spacial score (nSPS) is 18.5. The highest BCUT2D eigenvalue weighted by molar-refractivity contribution is 5.15. The molecule has 3 nitrogen and oxygen atoms in total. The third-order valence-corrected chi connectivity index (χ3v) is 2.16. The molecular formula is C10H13N2O. The third kappa shape index (κ3) is 2.42. The van der Waals surface area contributed by atoms with Crippen LogP contribution in [-0.4, -0.2) is 24.2 Å². The van der Waals surface area contributed by atoms with Crippen molar-refractivity contribution in [2.24, 2.45) is 0 Å². The summed E-state index contributed by atoms with van der Waals surface area (Å²) in [7, 11) is 0.